The molecule has 0 aromatic heterocycles. The van der Waals surface area contributed by atoms with Crippen molar-refractivity contribution in [3.05, 3.63) is 77.9 Å². The molecule has 3 rings (SSSR count). The zero-order valence-electron chi connectivity index (χ0n) is 19.3. The Morgan fingerprint density at radius 2 is 1.94 bits per heavy atom. The summed E-state index contributed by atoms with van der Waals surface area (Å²) in [6.45, 7) is 4.74. The smallest absolute Gasteiger partial charge is 0.410 e. The maximum atomic E-state index is 14.9. The Labute approximate surface area is 198 Å². The minimum Gasteiger partial charge on any atom is -0.497 e. The van der Waals surface area contributed by atoms with E-state index >= 15 is 0 Å². The van der Waals surface area contributed by atoms with Crippen LogP contribution < -0.4 is 4.74 Å². The van der Waals surface area contributed by atoms with E-state index in [4.69, 9.17) is 9.47 Å². The Morgan fingerprint density at radius 1 is 1.26 bits per heavy atom. The topological polar surface area (TPSA) is 76.2 Å². The van der Waals surface area contributed by atoms with Crippen LogP contribution in [0.25, 0.3) is 0 Å². The van der Waals surface area contributed by atoms with Gasteiger partial charge in [-0.05, 0) is 29.3 Å². The molecule has 2 atom stereocenters. The second kappa shape index (κ2) is 10.1. The molecule has 1 saturated heterocycles. The SMILES string of the molecule is C=CCOC(=O)N1CC(S(=O)(=O)N(C)Cc2ccc(OC)cc2)C(C)(c2ccc(F)cc2F)C1. The van der Waals surface area contributed by atoms with Gasteiger partial charge in [-0.3, -0.25) is 0 Å². The molecule has 0 radical (unpaired) electrons. The van der Waals surface area contributed by atoms with E-state index in [0.29, 0.717) is 11.8 Å². The largest absolute Gasteiger partial charge is 0.497 e. The number of likely N-dealkylation sites (tertiary alicyclic amines) is 1. The first-order valence-electron chi connectivity index (χ1n) is 10.6. The molecule has 34 heavy (non-hydrogen) atoms. The number of benzene rings is 2. The molecular weight excluding hydrogens is 466 g/mol. The second-order valence-corrected chi connectivity index (χ2v) is 10.6. The maximum absolute atomic E-state index is 14.9. The molecule has 1 aliphatic rings. The summed E-state index contributed by atoms with van der Waals surface area (Å²) in [5, 5.41) is -1.19. The first-order chi connectivity index (χ1) is 16.0. The van der Waals surface area contributed by atoms with Crippen molar-refractivity contribution < 1.29 is 31.5 Å². The van der Waals surface area contributed by atoms with Gasteiger partial charge >= 0.3 is 6.09 Å². The molecule has 1 amide bonds. The van der Waals surface area contributed by atoms with Crippen LogP contribution >= 0.6 is 0 Å². The number of hydrogen-bond acceptors (Lipinski definition) is 5. The summed E-state index contributed by atoms with van der Waals surface area (Å²) in [6, 6.07) is 9.96. The van der Waals surface area contributed by atoms with Gasteiger partial charge in [0, 0.05) is 38.2 Å². The van der Waals surface area contributed by atoms with E-state index in [9.17, 15) is 22.0 Å². The lowest BCUT2D eigenvalue weighted by Crippen LogP contribution is -2.47. The summed E-state index contributed by atoms with van der Waals surface area (Å²) in [6.07, 6.45) is 0.660. The number of nitrogens with zero attached hydrogens (tertiary/aromatic N) is 2. The first-order valence-corrected chi connectivity index (χ1v) is 12.1. The second-order valence-electron chi connectivity index (χ2n) is 8.43. The highest BCUT2D eigenvalue weighted by Gasteiger charge is 2.54. The Balaban J connectivity index is 1.97. The summed E-state index contributed by atoms with van der Waals surface area (Å²) in [7, 11) is -1.09. The molecule has 0 saturated carbocycles. The van der Waals surface area contributed by atoms with Crippen molar-refractivity contribution in [1.29, 1.82) is 0 Å². The standard InChI is InChI=1S/C24H28F2N2O5S/c1-5-12-33-23(29)28-15-22(24(2,16-28)20-11-8-18(25)13-21(20)26)34(30,31)27(3)14-17-6-9-19(32-4)10-7-17/h5-11,13,22H,1,12,14-16H2,2-4H3. The number of ether oxygens (including phenoxy) is 2. The van der Waals surface area contributed by atoms with E-state index in [1.54, 1.807) is 31.2 Å². The summed E-state index contributed by atoms with van der Waals surface area (Å²) in [5.41, 5.74) is -0.612. The highest BCUT2D eigenvalue weighted by atomic mass is 32.2. The molecule has 10 heteroatoms. The van der Waals surface area contributed by atoms with Crippen molar-refractivity contribution in [3.8, 4) is 5.75 Å². The predicted molar refractivity (Wildman–Crippen MR) is 124 cm³/mol. The lowest BCUT2D eigenvalue weighted by molar-refractivity contribution is 0.119. The Bertz CT molecular complexity index is 1160. The molecule has 1 fully saturated rings. The quantitative estimate of drug-likeness (QED) is 0.523. The van der Waals surface area contributed by atoms with Gasteiger partial charge in [0.2, 0.25) is 10.0 Å². The minimum absolute atomic E-state index is 0.0133. The number of carbonyl (C=O) groups is 1. The van der Waals surface area contributed by atoms with Gasteiger partial charge in [0.05, 0.1) is 7.11 Å². The molecule has 2 aromatic rings. The molecule has 0 bridgehead atoms. The Hall–Kier alpha value is -2.98. The summed E-state index contributed by atoms with van der Waals surface area (Å²) in [5.74, 6) is -1.01. The van der Waals surface area contributed by atoms with E-state index < -0.39 is 38.4 Å². The summed E-state index contributed by atoms with van der Waals surface area (Å²) in [4.78, 5) is 13.8. The van der Waals surface area contributed by atoms with Crippen molar-refractivity contribution in [2.45, 2.75) is 24.1 Å². The highest BCUT2D eigenvalue weighted by Crippen LogP contribution is 2.41. The fraction of sp³-hybridized carbons (Fsp3) is 0.375. The van der Waals surface area contributed by atoms with Crippen LogP contribution in [0.5, 0.6) is 5.75 Å². The Morgan fingerprint density at radius 3 is 2.53 bits per heavy atom. The normalized spacial score (nSPS) is 20.4. The molecule has 0 spiro atoms. The zero-order chi connectivity index (χ0) is 25.1. The lowest BCUT2D eigenvalue weighted by atomic mass is 9.81. The number of sulfonamides is 1. The van der Waals surface area contributed by atoms with Crippen LogP contribution in [-0.4, -0.2) is 62.8 Å². The number of amides is 1. The van der Waals surface area contributed by atoms with Crippen LogP contribution in [-0.2, 0) is 26.7 Å². The van der Waals surface area contributed by atoms with E-state index in [1.807, 2.05) is 0 Å². The Kier molecular flexibility index (Phi) is 7.62. The van der Waals surface area contributed by atoms with E-state index in [1.165, 1.54) is 35.5 Å². The molecule has 2 aromatic carbocycles. The van der Waals surface area contributed by atoms with Crippen molar-refractivity contribution >= 4 is 16.1 Å². The highest BCUT2D eigenvalue weighted by molar-refractivity contribution is 7.89. The molecule has 0 N–H and O–H groups in total. The third-order valence-electron chi connectivity index (χ3n) is 6.10. The maximum Gasteiger partial charge on any atom is 0.410 e. The molecule has 7 nitrogen and oxygen atoms in total. The first kappa shape index (κ1) is 25.6. The average Bonchev–Trinajstić information content (AvgIpc) is 3.17. The van der Waals surface area contributed by atoms with E-state index in [0.717, 1.165) is 11.6 Å². The fourth-order valence-electron chi connectivity index (χ4n) is 4.25. The van der Waals surface area contributed by atoms with Crippen LogP contribution in [0, 0.1) is 11.6 Å². The van der Waals surface area contributed by atoms with Gasteiger partial charge in [-0.2, -0.15) is 0 Å². The van der Waals surface area contributed by atoms with Crippen molar-refractivity contribution in [2.24, 2.45) is 0 Å². The third kappa shape index (κ3) is 5.07. The fourth-order valence-corrected chi connectivity index (χ4v) is 6.25. The predicted octanol–water partition coefficient (Wildman–Crippen LogP) is 3.70. The van der Waals surface area contributed by atoms with Gasteiger partial charge in [0.1, 0.15) is 29.2 Å². The van der Waals surface area contributed by atoms with Gasteiger partial charge in [-0.1, -0.05) is 37.8 Å². The lowest BCUT2D eigenvalue weighted by Gasteiger charge is -2.33. The minimum atomic E-state index is -4.05. The van der Waals surface area contributed by atoms with Gasteiger partial charge < -0.3 is 14.4 Å². The summed E-state index contributed by atoms with van der Waals surface area (Å²) >= 11 is 0. The monoisotopic (exact) mass is 494 g/mol. The number of halogens is 2. The molecule has 184 valence electrons. The molecule has 2 unspecified atom stereocenters. The van der Waals surface area contributed by atoms with Gasteiger partial charge in [-0.15, -0.1) is 0 Å². The zero-order valence-corrected chi connectivity index (χ0v) is 20.1. The molecule has 1 heterocycles. The molecule has 0 aliphatic carbocycles. The van der Waals surface area contributed by atoms with E-state index in [-0.39, 0.29) is 31.8 Å². The van der Waals surface area contributed by atoms with Gasteiger partial charge in [-0.25, -0.2) is 26.3 Å². The van der Waals surface area contributed by atoms with Crippen molar-refractivity contribution in [2.75, 3.05) is 33.9 Å². The molecule has 1 aliphatic heterocycles. The van der Waals surface area contributed by atoms with Crippen LogP contribution in [0.1, 0.15) is 18.1 Å². The van der Waals surface area contributed by atoms with Gasteiger partial charge in [0.25, 0.3) is 0 Å². The average molecular weight is 495 g/mol. The number of methoxy groups -OCH3 is 1. The number of hydrogen-bond donors (Lipinski definition) is 0. The van der Waals surface area contributed by atoms with Crippen LogP contribution in [0.3, 0.4) is 0 Å². The van der Waals surface area contributed by atoms with Crippen molar-refractivity contribution in [1.82, 2.24) is 9.21 Å². The third-order valence-corrected chi connectivity index (χ3v) is 8.49. The van der Waals surface area contributed by atoms with Crippen LogP contribution in [0.4, 0.5) is 13.6 Å². The summed E-state index contributed by atoms with van der Waals surface area (Å²) < 4.78 is 67.3. The van der Waals surface area contributed by atoms with Crippen LogP contribution in [0.2, 0.25) is 0 Å². The van der Waals surface area contributed by atoms with Crippen LogP contribution in [0.15, 0.2) is 55.1 Å². The number of carbonyl (C=O) groups excluding carboxylic acids is 1. The van der Waals surface area contributed by atoms with Gasteiger partial charge in [0.15, 0.2) is 0 Å². The van der Waals surface area contributed by atoms with Crippen molar-refractivity contribution in [3.63, 3.8) is 0 Å². The number of rotatable bonds is 8. The molecular formula is C24H28F2N2O5S. The van der Waals surface area contributed by atoms with E-state index in [2.05, 4.69) is 6.58 Å².